The maximum absolute atomic E-state index is 14.7. The van der Waals surface area contributed by atoms with Crippen LogP contribution >= 0.6 is 11.8 Å². The molecule has 6 atom stereocenters. The number of aromatic nitrogens is 3. The third-order valence-electron chi connectivity index (χ3n) is 8.99. The lowest BCUT2D eigenvalue weighted by Crippen LogP contribution is -2.57. The van der Waals surface area contributed by atoms with Crippen LogP contribution in [0.15, 0.2) is 49.6 Å². The molecule has 3 amide bonds. The number of nitrogens with zero attached hydrogens (tertiary/aromatic N) is 6. The van der Waals surface area contributed by atoms with Gasteiger partial charge in [-0.3, -0.25) is 14.4 Å². The first-order valence-corrected chi connectivity index (χ1v) is 15.3. The van der Waals surface area contributed by atoms with Crippen LogP contribution in [0.25, 0.3) is 11.0 Å². The molecule has 3 aliphatic heterocycles. The molecule has 2 aromatic rings. The average Bonchev–Trinajstić information content (AvgIpc) is 3.68. The number of likely N-dealkylation sites (N-methyl/N-ethyl adjacent to an activating group) is 1. The van der Waals surface area contributed by atoms with Crippen LogP contribution in [-0.2, 0) is 21.1 Å². The van der Waals surface area contributed by atoms with Crippen molar-refractivity contribution in [1.29, 1.82) is 0 Å². The van der Waals surface area contributed by atoms with Crippen molar-refractivity contribution in [2.24, 2.45) is 17.8 Å². The summed E-state index contributed by atoms with van der Waals surface area (Å²) in [5, 5.41) is 17.8. The van der Waals surface area contributed by atoms with Crippen LogP contribution < -0.4 is 0 Å². The first kappa shape index (κ1) is 29.3. The Hall–Kier alpha value is -3.18. The standard InChI is InChI=1S/C30H40N6O4S/c1-5-14-33(4)27(38)24-23-18-20(3)30(41-23)25(24)28(39)35(16-10-7-11-17-37)26(30)29(40)34(15-6-2)19-36-22-13-9-8-12-21(22)31-32-36/h5-6,8-9,12-13,20,23-26,37H,1-2,7,10-11,14-19H2,3-4H3/t20?,23-,24+,25-,26?,30?/m0/s1. The van der Waals surface area contributed by atoms with Crippen molar-refractivity contribution in [3.05, 3.63) is 49.6 Å². The summed E-state index contributed by atoms with van der Waals surface area (Å²) in [6, 6.07) is 6.88. The Balaban J connectivity index is 1.52. The van der Waals surface area contributed by atoms with E-state index in [0.717, 1.165) is 23.9 Å². The molecule has 3 saturated heterocycles. The zero-order valence-corrected chi connectivity index (χ0v) is 24.7. The molecule has 11 heteroatoms. The second-order valence-electron chi connectivity index (χ2n) is 11.4. The molecule has 3 fully saturated rings. The number of benzene rings is 1. The highest BCUT2D eigenvalue weighted by atomic mass is 32.2. The Bertz CT molecular complexity index is 1330. The minimum atomic E-state index is -0.712. The number of fused-ring (bicyclic) bond motifs is 2. The van der Waals surface area contributed by atoms with Crippen molar-refractivity contribution < 1.29 is 19.5 Å². The molecule has 1 aromatic carbocycles. The fourth-order valence-corrected chi connectivity index (χ4v) is 9.57. The van der Waals surface area contributed by atoms with Gasteiger partial charge in [-0.1, -0.05) is 36.4 Å². The summed E-state index contributed by atoms with van der Waals surface area (Å²) >= 11 is 1.68. The first-order chi connectivity index (χ1) is 19.8. The molecule has 1 spiro atoms. The average molecular weight is 581 g/mol. The quantitative estimate of drug-likeness (QED) is 0.286. The number of likely N-dealkylation sites (tertiary alicyclic amines) is 1. The molecule has 3 aliphatic rings. The van der Waals surface area contributed by atoms with E-state index in [-0.39, 0.29) is 48.7 Å². The van der Waals surface area contributed by atoms with Gasteiger partial charge in [-0.2, -0.15) is 0 Å². The maximum atomic E-state index is 14.7. The van der Waals surface area contributed by atoms with Gasteiger partial charge < -0.3 is 19.8 Å². The van der Waals surface area contributed by atoms with E-state index < -0.39 is 22.6 Å². The van der Waals surface area contributed by atoms with Crippen LogP contribution in [0.5, 0.6) is 0 Å². The third kappa shape index (κ3) is 4.86. The van der Waals surface area contributed by atoms with Crippen molar-refractivity contribution in [3.8, 4) is 0 Å². The summed E-state index contributed by atoms with van der Waals surface area (Å²) in [7, 11) is 1.75. The lowest BCUT2D eigenvalue weighted by atomic mass is 9.65. The van der Waals surface area contributed by atoms with Gasteiger partial charge in [0.25, 0.3) is 0 Å². The van der Waals surface area contributed by atoms with E-state index in [9.17, 15) is 19.5 Å². The molecule has 2 bridgehead atoms. The Morgan fingerprint density at radius 2 is 1.93 bits per heavy atom. The van der Waals surface area contributed by atoms with Gasteiger partial charge in [-0.05, 0) is 43.7 Å². The zero-order chi connectivity index (χ0) is 29.3. The third-order valence-corrected chi connectivity index (χ3v) is 11.1. The van der Waals surface area contributed by atoms with Gasteiger partial charge in [0.2, 0.25) is 17.7 Å². The van der Waals surface area contributed by atoms with Gasteiger partial charge in [0.05, 0.1) is 22.1 Å². The van der Waals surface area contributed by atoms with Crippen molar-refractivity contribution in [2.75, 3.05) is 33.3 Å². The van der Waals surface area contributed by atoms with E-state index >= 15 is 0 Å². The molecule has 0 saturated carbocycles. The van der Waals surface area contributed by atoms with Gasteiger partial charge >= 0.3 is 0 Å². The predicted molar refractivity (Wildman–Crippen MR) is 159 cm³/mol. The number of rotatable bonds is 13. The molecule has 41 heavy (non-hydrogen) atoms. The monoisotopic (exact) mass is 580 g/mol. The molecular weight excluding hydrogens is 540 g/mol. The van der Waals surface area contributed by atoms with E-state index in [1.165, 1.54) is 0 Å². The number of unbranched alkanes of at least 4 members (excludes halogenated alkanes) is 2. The normalized spacial score (nSPS) is 28.2. The SMILES string of the molecule is C=CCN(C)C(=O)[C@@H]1[C@@H]2CC(C)C3(S2)C(C(=O)N(CC=C)Cn2nnc4ccccc42)N(CCCCCO)C(=O)[C@H]13. The lowest BCUT2D eigenvalue weighted by molar-refractivity contribution is -0.144. The molecule has 220 valence electrons. The molecule has 1 aromatic heterocycles. The van der Waals surface area contributed by atoms with Gasteiger partial charge in [-0.25, -0.2) is 4.68 Å². The number of para-hydroxylation sites is 1. The number of carbonyl (C=O) groups is 3. The van der Waals surface area contributed by atoms with Crippen LogP contribution in [-0.4, -0.2) is 102 Å². The number of aliphatic hydroxyl groups is 1. The molecule has 4 heterocycles. The molecular formula is C30H40N6O4S. The molecule has 1 N–H and O–H groups in total. The minimum absolute atomic E-state index is 0.0160. The Morgan fingerprint density at radius 1 is 1.17 bits per heavy atom. The highest BCUT2D eigenvalue weighted by molar-refractivity contribution is 8.02. The molecule has 3 unspecified atom stereocenters. The largest absolute Gasteiger partial charge is 0.396 e. The summed E-state index contributed by atoms with van der Waals surface area (Å²) in [4.78, 5) is 47.8. The van der Waals surface area contributed by atoms with Crippen molar-refractivity contribution in [1.82, 2.24) is 29.7 Å². The number of amides is 3. The number of hydrogen-bond acceptors (Lipinski definition) is 7. The summed E-state index contributed by atoms with van der Waals surface area (Å²) < 4.78 is 1.00. The molecule has 5 rings (SSSR count). The molecule has 0 radical (unpaired) electrons. The maximum Gasteiger partial charge on any atom is 0.248 e. The van der Waals surface area contributed by atoms with Gasteiger partial charge in [0.1, 0.15) is 18.2 Å². The van der Waals surface area contributed by atoms with Gasteiger partial charge in [0.15, 0.2) is 0 Å². The van der Waals surface area contributed by atoms with E-state index in [0.29, 0.717) is 25.9 Å². The minimum Gasteiger partial charge on any atom is -0.396 e. The predicted octanol–water partition coefficient (Wildman–Crippen LogP) is 2.55. The lowest BCUT2D eigenvalue weighted by Gasteiger charge is -2.40. The topological polar surface area (TPSA) is 112 Å². The van der Waals surface area contributed by atoms with E-state index in [4.69, 9.17) is 0 Å². The summed E-state index contributed by atoms with van der Waals surface area (Å²) in [6.45, 7) is 11.1. The van der Waals surface area contributed by atoms with Crippen LogP contribution in [0, 0.1) is 17.8 Å². The van der Waals surface area contributed by atoms with Gasteiger partial charge in [0, 0.05) is 38.5 Å². The number of hydrogen-bond donors (Lipinski definition) is 1. The van der Waals surface area contributed by atoms with Gasteiger partial charge in [-0.15, -0.1) is 30.0 Å². The number of thioether (sulfide) groups is 1. The number of aliphatic hydroxyl groups excluding tert-OH is 1. The Labute approximate surface area is 245 Å². The highest BCUT2D eigenvalue weighted by Gasteiger charge is 2.76. The van der Waals surface area contributed by atoms with Crippen LogP contribution in [0.3, 0.4) is 0 Å². The fraction of sp³-hybridized carbons (Fsp3) is 0.567. The summed E-state index contributed by atoms with van der Waals surface area (Å²) in [6.07, 6.45) is 6.21. The van der Waals surface area contributed by atoms with Crippen LogP contribution in [0.1, 0.15) is 32.6 Å². The zero-order valence-electron chi connectivity index (χ0n) is 23.9. The van der Waals surface area contributed by atoms with Crippen molar-refractivity contribution in [2.45, 2.75) is 55.3 Å². The summed E-state index contributed by atoms with van der Waals surface area (Å²) in [5.41, 5.74) is 1.55. The second kappa shape index (κ2) is 12.0. The van der Waals surface area contributed by atoms with Crippen LogP contribution in [0.2, 0.25) is 0 Å². The van der Waals surface area contributed by atoms with E-state index in [1.54, 1.807) is 50.3 Å². The molecule has 10 nitrogen and oxygen atoms in total. The fourth-order valence-electron chi connectivity index (χ4n) is 7.16. The van der Waals surface area contributed by atoms with Crippen molar-refractivity contribution in [3.63, 3.8) is 0 Å². The Morgan fingerprint density at radius 3 is 2.66 bits per heavy atom. The van der Waals surface area contributed by atoms with Crippen molar-refractivity contribution >= 4 is 40.5 Å². The molecule has 0 aliphatic carbocycles. The highest BCUT2D eigenvalue weighted by Crippen LogP contribution is 2.68. The number of carbonyl (C=O) groups excluding carboxylic acids is 3. The second-order valence-corrected chi connectivity index (χ2v) is 13.0. The summed E-state index contributed by atoms with van der Waals surface area (Å²) in [5.74, 6) is -1.28. The first-order valence-electron chi connectivity index (χ1n) is 14.4. The Kier molecular flexibility index (Phi) is 8.56. The smallest absolute Gasteiger partial charge is 0.248 e. The van der Waals surface area contributed by atoms with E-state index in [2.05, 4.69) is 30.4 Å². The van der Waals surface area contributed by atoms with Crippen LogP contribution in [0.4, 0.5) is 0 Å². The van der Waals surface area contributed by atoms with E-state index in [1.807, 2.05) is 24.3 Å².